The Kier molecular flexibility index (Phi) is 5.31. The molecule has 0 fully saturated rings. The molecule has 0 spiro atoms. The summed E-state index contributed by atoms with van der Waals surface area (Å²) in [4.78, 5) is 11.5. The largest absolute Gasteiger partial charge is 0.383 e. The van der Waals surface area contributed by atoms with Gasteiger partial charge in [0.15, 0.2) is 0 Å². The van der Waals surface area contributed by atoms with Crippen LogP contribution in [0.4, 0.5) is 8.78 Å². The lowest BCUT2D eigenvalue weighted by molar-refractivity contribution is 0.0948. The van der Waals surface area contributed by atoms with Gasteiger partial charge in [0.2, 0.25) is 0 Å². The number of alkyl halides is 1. The molecule has 0 bridgehead atoms. The zero-order valence-electron chi connectivity index (χ0n) is 9.17. The maximum Gasteiger partial charge on any atom is 0.251 e. The summed E-state index contributed by atoms with van der Waals surface area (Å²) in [6.07, 6.45) is 0. The predicted molar refractivity (Wildman–Crippen MR) is 60.2 cm³/mol. The van der Waals surface area contributed by atoms with Crippen molar-refractivity contribution < 1.29 is 18.3 Å². The number of methoxy groups -OCH3 is 1. The van der Waals surface area contributed by atoms with Gasteiger partial charge in [0, 0.05) is 25.3 Å². The highest BCUT2D eigenvalue weighted by Crippen LogP contribution is 2.08. The lowest BCUT2D eigenvalue weighted by Crippen LogP contribution is -2.31. The van der Waals surface area contributed by atoms with E-state index in [2.05, 4.69) is 5.32 Å². The first-order chi connectivity index (χ1) is 8.02. The Morgan fingerprint density at radius 1 is 1.41 bits per heavy atom. The number of halogens is 3. The van der Waals surface area contributed by atoms with Gasteiger partial charge in [0.25, 0.3) is 5.91 Å². The molecule has 17 heavy (non-hydrogen) atoms. The molecular formula is C11H12ClF2NO2. The summed E-state index contributed by atoms with van der Waals surface area (Å²) in [7, 11) is 1.49. The number of rotatable bonds is 5. The third-order valence-corrected chi connectivity index (χ3v) is 2.24. The second-order valence-electron chi connectivity index (χ2n) is 3.42. The van der Waals surface area contributed by atoms with E-state index in [4.69, 9.17) is 16.3 Å². The lowest BCUT2D eigenvalue weighted by atomic mass is 10.2. The van der Waals surface area contributed by atoms with Crippen LogP contribution in [-0.2, 0) is 4.74 Å². The van der Waals surface area contributed by atoms with Crippen molar-refractivity contribution >= 4 is 17.5 Å². The fourth-order valence-electron chi connectivity index (χ4n) is 1.23. The molecule has 0 saturated carbocycles. The van der Waals surface area contributed by atoms with Crippen LogP contribution in [0.15, 0.2) is 18.2 Å². The number of hydrogen-bond donors (Lipinski definition) is 1. The van der Waals surface area contributed by atoms with Gasteiger partial charge in [-0.1, -0.05) is 0 Å². The number of carbonyl (C=O) groups is 1. The van der Waals surface area contributed by atoms with Crippen LogP contribution in [0.2, 0.25) is 0 Å². The van der Waals surface area contributed by atoms with Gasteiger partial charge in [-0.25, -0.2) is 8.78 Å². The van der Waals surface area contributed by atoms with Gasteiger partial charge in [-0.05, 0) is 12.1 Å². The minimum Gasteiger partial charge on any atom is -0.383 e. The highest BCUT2D eigenvalue weighted by molar-refractivity contribution is 6.21. The molecule has 1 N–H and O–H groups in total. The third-order valence-electron chi connectivity index (χ3n) is 1.96. The second-order valence-corrected chi connectivity index (χ2v) is 4.04. The fourth-order valence-corrected chi connectivity index (χ4v) is 1.43. The van der Waals surface area contributed by atoms with Gasteiger partial charge in [0.05, 0.1) is 12.0 Å². The zero-order valence-corrected chi connectivity index (χ0v) is 9.93. The Bertz CT molecular complexity index is 381. The SMILES string of the molecule is COCC(Cl)CNC(=O)c1cc(F)cc(F)c1. The standard InChI is InChI=1S/C11H12ClF2NO2/c1-17-6-8(12)5-15-11(16)7-2-9(13)4-10(14)3-7/h2-4,8H,5-6H2,1H3,(H,15,16). The summed E-state index contributed by atoms with van der Waals surface area (Å²) in [5.41, 5.74) is -0.0798. The molecule has 0 aliphatic heterocycles. The van der Waals surface area contributed by atoms with Crippen LogP contribution in [0, 0.1) is 11.6 Å². The molecule has 0 aliphatic rings. The molecule has 0 radical (unpaired) electrons. The van der Waals surface area contributed by atoms with Crippen molar-refractivity contribution in [2.75, 3.05) is 20.3 Å². The maximum absolute atomic E-state index is 12.8. The van der Waals surface area contributed by atoms with Crippen molar-refractivity contribution in [3.05, 3.63) is 35.4 Å². The molecule has 0 aliphatic carbocycles. The number of nitrogens with one attached hydrogen (secondary N) is 1. The van der Waals surface area contributed by atoms with Crippen molar-refractivity contribution in [3.63, 3.8) is 0 Å². The molecule has 1 rings (SSSR count). The minimum absolute atomic E-state index is 0.0798. The van der Waals surface area contributed by atoms with Crippen LogP contribution < -0.4 is 5.32 Å². The van der Waals surface area contributed by atoms with E-state index in [1.165, 1.54) is 7.11 Å². The number of amides is 1. The summed E-state index contributed by atoms with van der Waals surface area (Å²) in [5.74, 6) is -2.17. The maximum atomic E-state index is 12.8. The number of hydrogen-bond acceptors (Lipinski definition) is 2. The van der Waals surface area contributed by atoms with Crippen molar-refractivity contribution in [3.8, 4) is 0 Å². The molecule has 6 heteroatoms. The van der Waals surface area contributed by atoms with E-state index in [0.29, 0.717) is 6.07 Å². The van der Waals surface area contributed by atoms with Gasteiger partial charge in [-0.2, -0.15) is 0 Å². The van der Waals surface area contributed by atoms with Crippen LogP contribution in [0.5, 0.6) is 0 Å². The van der Waals surface area contributed by atoms with Crippen LogP contribution in [0.3, 0.4) is 0 Å². The fraction of sp³-hybridized carbons (Fsp3) is 0.364. The molecule has 0 heterocycles. The van der Waals surface area contributed by atoms with Gasteiger partial charge in [-0.15, -0.1) is 11.6 Å². The van der Waals surface area contributed by atoms with Crippen LogP contribution in [-0.4, -0.2) is 31.5 Å². The van der Waals surface area contributed by atoms with Gasteiger partial charge < -0.3 is 10.1 Å². The highest BCUT2D eigenvalue weighted by Gasteiger charge is 2.11. The minimum atomic E-state index is -0.797. The molecule has 1 atom stereocenters. The Morgan fingerprint density at radius 2 is 2.00 bits per heavy atom. The average Bonchev–Trinajstić information content (AvgIpc) is 2.25. The summed E-state index contributed by atoms with van der Waals surface area (Å²) in [6, 6.07) is 2.61. The number of ether oxygens (including phenoxy) is 1. The Labute approximate surface area is 103 Å². The van der Waals surface area contributed by atoms with Gasteiger partial charge >= 0.3 is 0 Å². The lowest BCUT2D eigenvalue weighted by Gasteiger charge is -2.09. The first-order valence-electron chi connectivity index (χ1n) is 4.90. The zero-order chi connectivity index (χ0) is 12.8. The average molecular weight is 264 g/mol. The molecule has 1 unspecified atom stereocenters. The molecular weight excluding hydrogens is 252 g/mol. The normalized spacial score (nSPS) is 12.2. The van der Waals surface area contributed by atoms with Crippen molar-refractivity contribution in [2.45, 2.75) is 5.38 Å². The van der Waals surface area contributed by atoms with Gasteiger partial charge in [-0.3, -0.25) is 4.79 Å². The third kappa shape index (κ3) is 4.66. The summed E-state index contributed by atoms with van der Waals surface area (Å²) >= 11 is 5.79. The molecule has 1 amide bonds. The van der Waals surface area contributed by atoms with E-state index in [0.717, 1.165) is 12.1 Å². The van der Waals surface area contributed by atoms with Crippen molar-refractivity contribution in [1.82, 2.24) is 5.32 Å². The Morgan fingerprint density at radius 3 is 2.53 bits per heavy atom. The van der Waals surface area contributed by atoms with E-state index >= 15 is 0 Å². The van der Waals surface area contributed by atoms with Crippen molar-refractivity contribution in [1.29, 1.82) is 0 Å². The summed E-state index contributed by atoms with van der Waals surface area (Å²) in [6.45, 7) is 0.436. The highest BCUT2D eigenvalue weighted by atomic mass is 35.5. The van der Waals surface area contributed by atoms with Crippen LogP contribution >= 0.6 is 11.6 Å². The second kappa shape index (κ2) is 6.51. The molecule has 1 aromatic carbocycles. The van der Waals surface area contributed by atoms with E-state index in [9.17, 15) is 13.6 Å². The predicted octanol–water partition coefficient (Wildman–Crippen LogP) is 1.95. The van der Waals surface area contributed by atoms with Crippen LogP contribution in [0.25, 0.3) is 0 Å². The topological polar surface area (TPSA) is 38.3 Å². The molecule has 0 aromatic heterocycles. The van der Waals surface area contributed by atoms with E-state index in [-0.39, 0.29) is 24.1 Å². The van der Waals surface area contributed by atoms with E-state index in [1.807, 2.05) is 0 Å². The van der Waals surface area contributed by atoms with Gasteiger partial charge in [0.1, 0.15) is 11.6 Å². The Hall–Kier alpha value is -1.20. The molecule has 0 saturated heterocycles. The smallest absolute Gasteiger partial charge is 0.251 e. The molecule has 1 aromatic rings. The van der Waals surface area contributed by atoms with E-state index < -0.39 is 17.5 Å². The molecule has 94 valence electrons. The number of benzene rings is 1. The Balaban J connectivity index is 2.58. The first-order valence-corrected chi connectivity index (χ1v) is 5.34. The quantitative estimate of drug-likeness (QED) is 0.825. The van der Waals surface area contributed by atoms with E-state index in [1.54, 1.807) is 0 Å². The summed E-state index contributed by atoms with van der Waals surface area (Å²) in [5, 5.41) is 2.07. The summed E-state index contributed by atoms with van der Waals surface area (Å²) < 4.78 is 30.5. The monoisotopic (exact) mass is 263 g/mol. The first kappa shape index (κ1) is 13.9. The van der Waals surface area contributed by atoms with Crippen LogP contribution in [0.1, 0.15) is 10.4 Å². The van der Waals surface area contributed by atoms with Crippen molar-refractivity contribution in [2.24, 2.45) is 0 Å². The molecule has 3 nitrogen and oxygen atoms in total. The number of carbonyl (C=O) groups excluding carboxylic acids is 1.